The number of sulfonamides is 1. The third-order valence-electron chi connectivity index (χ3n) is 2.66. The van der Waals surface area contributed by atoms with Crippen LogP contribution in [-0.2, 0) is 14.9 Å². The van der Waals surface area contributed by atoms with E-state index in [0.29, 0.717) is 24.6 Å². The SMILES string of the molecule is O=S1(=O)N=C(N2CCCO2)c2cc(Br)ccc21. The summed E-state index contributed by atoms with van der Waals surface area (Å²) in [4.78, 5) is 5.59. The number of rotatable bonds is 0. The van der Waals surface area contributed by atoms with Gasteiger partial charge in [0.25, 0.3) is 10.0 Å². The molecule has 2 aliphatic heterocycles. The van der Waals surface area contributed by atoms with Gasteiger partial charge in [0.2, 0.25) is 0 Å². The molecule has 0 bridgehead atoms. The van der Waals surface area contributed by atoms with Gasteiger partial charge in [-0.05, 0) is 24.6 Å². The lowest BCUT2D eigenvalue weighted by atomic mass is 10.2. The van der Waals surface area contributed by atoms with Crippen LogP contribution in [0, 0.1) is 0 Å². The van der Waals surface area contributed by atoms with Crippen LogP contribution in [0.1, 0.15) is 12.0 Å². The summed E-state index contributed by atoms with van der Waals surface area (Å²) in [6.45, 7) is 1.27. The number of benzene rings is 1. The van der Waals surface area contributed by atoms with E-state index in [1.54, 1.807) is 23.3 Å². The quantitative estimate of drug-likeness (QED) is 0.728. The fraction of sp³-hybridized carbons (Fsp3) is 0.300. The Balaban J connectivity index is 2.16. The predicted molar refractivity (Wildman–Crippen MR) is 65.1 cm³/mol. The zero-order chi connectivity index (χ0) is 12.0. The van der Waals surface area contributed by atoms with Crippen molar-refractivity contribution in [3.05, 3.63) is 28.2 Å². The van der Waals surface area contributed by atoms with Crippen molar-refractivity contribution >= 4 is 31.8 Å². The maximum atomic E-state index is 11.8. The minimum absolute atomic E-state index is 0.242. The molecule has 1 fully saturated rings. The van der Waals surface area contributed by atoms with Crippen molar-refractivity contribution in [1.29, 1.82) is 0 Å². The van der Waals surface area contributed by atoms with Crippen LogP contribution >= 0.6 is 15.9 Å². The van der Waals surface area contributed by atoms with Crippen LogP contribution in [0.25, 0.3) is 0 Å². The average Bonchev–Trinajstić information content (AvgIpc) is 2.85. The second kappa shape index (κ2) is 3.79. The first kappa shape index (κ1) is 11.2. The molecule has 0 aromatic heterocycles. The lowest BCUT2D eigenvalue weighted by Gasteiger charge is -2.15. The topological polar surface area (TPSA) is 59.0 Å². The first-order valence-electron chi connectivity index (χ1n) is 5.13. The molecule has 17 heavy (non-hydrogen) atoms. The van der Waals surface area contributed by atoms with Crippen LogP contribution in [0.3, 0.4) is 0 Å². The first-order valence-corrected chi connectivity index (χ1v) is 7.36. The van der Waals surface area contributed by atoms with Gasteiger partial charge in [-0.2, -0.15) is 8.42 Å². The van der Waals surface area contributed by atoms with Gasteiger partial charge < -0.3 is 0 Å². The van der Waals surface area contributed by atoms with Crippen LogP contribution < -0.4 is 0 Å². The maximum absolute atomic E-state index is 11.8. The van der Waals surface area contributed by atoms with Gasteiger partial charge in [-0.3, -0.25) is 4.84 Å². The van der Waals surface area contributed by atoms with Crippen molar-refractivity contribution in [1.82, 2.24) is 5.06 Å². The van der Waals surface area contributed by atoms with Crippen LogP contribution in [0.15, 0.2) is 32.0 Å². The third kappa shape index (κ3) is 1.78. The lowest BCUT2D eigenvalue weighted by Crippen LogP contribution is -2.26. The van der Waals surface area contributed by atoms with Gasteiger partial charge in [0.1, 0.15) is 4.90 Å². The highest BCUT2D eigenvalue weighted by atomic mass is 79.9. The highest BCUT2D eigenvalue weighted by molar-refractivity contribution is 9.10. The van der Waals surface area contributed by atoms with E-state index in [4.69, 9.17) is 4.84 Å². The minimum Gasteiger partial charge on any atom is -0.272 e. The Morgan fingerprint density at radius 3 is 2.94 bits per heavy atom. The molecule has 5 nitrogen and oxygen atoms in total. The molecule has 2 aliphatic rings. The standard InChI is InChI=1S/C10H9BrN2O3S/c11-7-2-3-9-8(6-7)10(12-17(9,14)15)13-4-1-5-16-13/h2-3,6H,1,4-5H2. The maximum Gasteiger partial charge on any atom is 0.285 e. The normalized spacial score (nSPS) is 21.5. The van der Waals surface area contributed by atoms with Gasteiger partial charge in [0, 0.05) is 16.6 Å². The van der Waals surface area contributed by atoms with Crippen molar-refractivity contribution in [3.8, 4) is 0 Å². The highest BCUT2D eigenvalue weighted by Gasteiger charge is 2.33. The van der Waals surface area contributed by atoms with Crippen molar-refractivity contribution in [2.75, 3.05) is 13.2 Å². The molecule has 0 spiro atoms. The zero-order valence-corrected chi connectivity index (χ0v) is 11.2. The molecule has 90 valence electrons. The van der Waals surface area contributed by atoms with Gasteiger partial charge in [0.05, 0.1) is 6.61 Å². The molecule has 2 heterocycles. The smallest absolute Gasteiger partial charge is 0.272 e. The summed E-state index contributed by atoms with van der Waals surface area (Å²) in [5.41, 5.74) is 0.598. The van der Waals surface area contributed by atoms with Crippen LogP contribution in [0.2, 0.25) is 0 Å². The number of hydrogen-bond donors (Lipinski definition) is 0. The van der Waals surface area contributed by atoms with Crippen molar-refractivity contribution in [2.45, 2.75) is 11.3 Å². The number of amidine groups is 1. The highest BCUT2D eigenvalue weighted by Crippen LogP contribution is 2.31. The fourth-order valence-corrected chi connectivity index (χ4v) is 3.45. The predicted octanol–water partition coefficient (Wildman–Crippen LogP) is 1.54. The Morgan fingerprint density at radius 1 is 1.41 bits per heavy atom. The summed E-state index contributed by atoms with van der Waals surface area (Å²) >= 11 is 3.33. The van der Waals surface area contributed by atoms with E-state index in [1.807, 2.05) is 0 Å². The van der Waals surface area contributed by atoms with E-state index in [1.165, 1.54) is 0 Å². The van der Waals surface area contributed by atoms with Crippen LogP contribution in [0.5, 0.6) is 0 Å². The number of fused-ring (bicyclic) bond motifs is 1. The van der Waals surface area contributed by atoms with E-state index < -0.39 is 10.0 Å². The second-order valence-electron chi connectivity index (χ2n) is 3.82. The molecular formula is C10H9BrN2O3S. The third-order valence-corrected chi connectivity index (χ3v) is 4.47. The van der Waals surface area contributed by atoms with Gasteiger partial charge in [-0.15, -0.1) is 4.40 Å². The molecule has 0 N–H and O–H groups in total. The molecule has 0 atom stereocenters. The largest absolute Gasteiger partial charge is 0.285 e. The molecule has 0 radical (unpaired) electrons. The molecule has 0 aliphatic carbocycles. The monoisotopic (exact) mass is 316 g/mol. The molecule has 1 aromatic rings. The van der Waals surface area contributed by atoms with E-state index in [9.17, 15) is 8.42 Å². The Hall–Kier alpha value is -0.920. The lowest BCUT2D eigenvalue weighted by molar-refractivity contribution is -0.0430. The fourth-order valence-electron chi connectivity index (χ4n) is 1.91. The Kier molecular flexibility index (Phi) is 2.49. The number of halogens is 1. The number of nitrogens with zero attached hydrogens (tertiary/aromatic N) is 2. The summed E-state index contributed by atoms with van der Waals surface area (Å²) < 4.78 is 28.3. The van der Waals surface area contributed by atoms with E-state index in [-0.39, 0.29) is 4.90 Å². The van der Waals surface area contributed by atoms with E-state index in [0.717, 1.165) is 10.9 Å². The number of hydrogen-bond acceptors (Lipinski definition) is 4. The molecule has 0 saturated carbocycles. The molecule has 0 amide bonds. The van der Waals surface area contributed by atoms with Crippen molar-refractivity contribution in [2.24, 2.45) is 4.40 Å². The van der Waals surface area contributed by atoms with E-state index in [2.05, 4.69) is 20.3 Å². The molecule has 7 heteroatoms. The molecular weight excluding hydrogens is 308 g/mol. The minimum atomic E-state index is -3.56. The summed E-state index contributed by atoms with van der Waals surface area (Å²) in [6.07, 6.45) is 0.877. The Bertz CT molecular complexity index is 606. The summed E-state index contributed by atoms with van der Waals surface area (Å²) in [5.74, 6) is 0.388. The Morgan fingerprint density at radius 2 is 2.24 bits per heavy atom. The van der Waals surface area contributed by atoms with Crippen LogP contribution in [0.4, 0.5) is 0 Å². The van der Waals surface area contributed by atoms with Crippen LogP contribution in [-0.4, -0.2) is 32.5 Å². The first-order chi connectivity index (χ1) is 8.08. The molecule has 1 saturated heterocycles. The molecule has 1 aromatic carbocycles. The molecule has 3 rings (SSSR count). The van der Waals surface area contributed by atoms with Crippen molar-refractivity contribution in [3.63, 3.8) is 0 Å². The molecule has 0 unspecified atom stereocenters. The average molecular weight is 317 g/mol. The van der Waals surface area contributed by atoms with Gasteiger partial charge in [0.15, 0.2) is 5.84 Å². The Labute approximate surface area is 107 Å². The van der Waals surface area contributed by atoms with E-state index >= 15 is 0 Å². The van der Waals surface area contributed by atoms with Gasteiger partial charge in [-0.1, -0.05) is 15.9 Å². The van der Waals surface area contributed by atoms with Gasteiger partial charge in [-0.25, -0.2) is 5.06 Å². The number of hydroxylamine groups is 2. The summed E-state index contributed by atoms with van der Waals surface area (Å²) in [5, 5.41) is 1.55. The summed E-state index contributed by atoms with van der Waals surface area (Å²) in [7, 11) is -3.56. The van der Waals surface area contributed by atoms with Crippen molar-refractivity contribution < 1.29 is 13.3 Å². The summed E-state index contributed by atoms with van der Waals surface area (Å²) in [6, 6.07) is 5.00. The van der Waals surface area contributed by atoms with Gasteiger partial charge >= 0.3 is 0 Å². The second-order valence-corrected chi connectivity index (χ2v) is 6.31. The zero-order valence-electron chi connectivity index (χ0n) is 8.76.